The quantitative estimate of drug-likeness (QED) is 0.378. The van der Waals surface area contributed by atoms with Crippen molar-refractivity contribution in [1.82, 2.24) is 0 Å². The first-order valence-electron chi connectivity index (χ1n) is 4.26. The van der Waals surface area contributed by atoms with Gasteiger partial charge in [0.2, 0.25) is 0 Å². The van der Waals surface area contributed by atoms with Crippen molar-refractivity contribution in [3.8, 4) is 0 Å². The second-order valence-corrected chi connectivity index (χ2v) is 2.10. The lowest BCUT2D eigenvalue weighted by Crippen LogP contribution is -1.96. The summed E-state index contributed by atoms with van der Waals surface area (Å²) in [5, 5.41) is 17.3. The van der Waals surface area contributed by atoms with Gasteiger partial charge in [0.15, 0.2) is 0 Å². The maximum atomic E-state index is 9.19. The van der Waals surface area contributed by atoms with Crippen LogP contribution in [0.15, 0.2) is 0 Å². The van der Waals surface area contributed by atoms with Gasteiger partial charge in [0.25, 0.3) is 0 Å². The monoisotopic (exact) mass is 179 g/mol. The van der Waals surface area contributed by atoms with Crippen LogP contribution in [0, 0.1) is 0 Å². The summed E-state index contributed by atoms with van der Waals surface area (Å²) in [5.41, 5.74) is 0. The van der Waals surface area contributed by atoms with Gasteiger partial charge in [0, 0.05) is 6.61 Å². The summed E-state index contributed by atoms with van der Waals surface area (Å²) in [5.74, 6) is 0. The van der Waals surface area contributed by atoms with Gasteiger partial charge in [-0.25, -0.2) is 4.89 Å². The van der Waals surface area contributed by atoms with Crippen LogP contribution in [-0.2, 0) is 14.9 Å². The minimum absolute atomic E-state index is 0.133. The van der Waals surface area contributed by atoms with E-state index in [2.05, 4.69) is 4.89 Å². The minimum Gasteiger partial charge on any atom is -0.394 e. The van der Waals surface area contributed by atoms with Crippen molar-refractivity contribution in [2.45, 2.75) is 26.7 Å². The van der Waals surface area contributed by atoms with E-state index < -0.39 is 0 Å². The zero-order chi connectivity index (χ0) is 9.66. The molecule has 0 unspecified atom stereocenters. The fourth-order valence-corrected chi connectivity index (χ4v) is 0.412. The molecule has 0 aromatic heterocycles. The summed E-state index contributed by atoms with van der Waals surface area (Å²) >= 11 is 0. The van der Waals surface area contributed by atoms with Crippen LogP contribution in [0.1, 0.15) is 26.7 Å². The molecule has 0 heterocycles. The van der Waals surface area contributed by atoms with E-state index in [1.165, 1.54) is 0 Å². The van der Waals surface area contributed by atoms with Crippen molar-refractivity contribution in [3.63, 3.8) is 0 Å². The van der Waals surface area contributed by atoms with E-state index in [9.17, 15) is 5.26 Å². The topological polar surface area (TPSA) is 58.6 Å². The van der Waals surface area contributed by atoms with E-state index in [1.807, 2.05) is 13.8 Å². The highest BCUT2D eigenvalue weighted by Crippen LogP contribution is 1.83. The Morgan fingerprint density at radius 3 is 2.08 bits per heavy atom. The summed E-state index contributed by atoms with van der Waals surface area (Å²) in [6, 6.07) is 0. The third-order valence-corrected chi connectivity index (χ3v) is 1.02. The molecule has 0 aliphatic rings. The number of aliphatic hydroxyl groups excluding tert-OH is 1. The maximum Gasteiger partial charge on any atom is 0.0854 e. The molecule has 0 spiro atoms. The zero-order valence-corrected chi connectivity index (χ0v) is 7.91. The molecule has 0 amide bonds. The fraction of sp³-hybridized carbons (Fsp3) is 1.00. The van der Waals surface area contributed by atoms with Gasteiger partial charge in [0.05, 0.1) is 19.8 Å². The number of hydrogen-bond donors (Lipinski definition) is 1. The van der Waals surface area contributed by atoms with Gasteiger partial charge in [-0.3, -0.25) is 0 Å². The molecule has 0 bridgehead atoms. The van der Waals surface area contributed by atoms with Crippen LogP contribution in [0.4, 0.5) is 0 Å². The van der Waals surface area contributed by atoms with E-state index in [4.69, 9.17) is 9.84 Å². The highest BCUT2D eigenvalue weighted by atomic mass is 17.1. The van der Waals surface area contributed by atoms with Gasteiger partial charge in [-0.05, 0) is 18.6 Å². The third-order valence-electron chi connectivity index (χ3n) is 1.02. The number of rotatable bonds is 6. The number of hydrogen-bond acceptors (Lipinski definition) is 3. The van der Waals surface area contributed by atoms with Crippen molar-refractivity contribution < 1.29 is 20.0 Å². The van der Waals surface area contributed by atoms with Crippen LogP contribution in [-0.4, -0.2) is 31.5 Å². The second kappa shape index (κ2) is 17.1. The molecule has 0 saturated heterocycles. The molecule has 12 heavy (non-hydrogen) atoms. The normalized spacial score (nSPS) is 9.00. The Kier molecular flexibility index (Phi) is 20.4. The van der Waals surface area contributed by atoms with Crippen LogP contribution in [0.3, 0.4) is 0 Å². The molecular weight excluding hydrogens is 160 g/mol. The van der Waals surface area contributed by atoms with E-state index in [-0.39, 0.29) is 6.61 Å². The highest BCUT2D eigenvalue weighted by molar-refractivity contribution is 4.24. The predicted molar refractivity (Wildman–Crippen MR) is 45.1 cm³/mol. The Bertz CT molecular complexity index is 43.0. The summed E-state index contributed by atoms with van der Waals surface area (Å²) in [6.07, 6.45) is 1.91. The molecule has 4 nitrogen and oxygen atoms in total. The molecule has 0 aromatic rings. The Hall–Kier alpha value is -0.160. The molecule has 0 aromatic carbocycles. The fourth-order valence-electron chi connectivity index (χ4n) is 0.412. The van der Waals surface area contributed by atoms with Gasteiger partial charge in [-0.2, -0.15) is 0 Å². The number of aliphatic hydroxyl groups is 1. The van der Waals surface area contributed by atoms with Crippen molar-refractivity contribution in [1.29, 1.82) is 0 Å². The predicted octanol–water partition coefficient (Wildman–Crippen LogP) is 1.16. The van der Waals surface area contributed by atoms with Crippen LogP contribution < -0.4 is 0 Å². The van der Waals surface area contributed by atoms with Crippen molar-refractivity contribution in [3.05, 3.63) is 0 Å². The molecular formula is C8H19O4. The second-order valence-electron chi connectivity index (χ2n) is 2.10. The largest absolute Gasteiger partial charge is 0.394 e. The summed E-state index contributed by atoms with van der Waals surface area (Å²) in [6.45, 7) is 5.57. The number of unbranched alkanes of at least 4 members (excludes halogenated alkanes) is 1. The van der Waals surface area contributed by atoms with Gasteiger partial charge in [-0.1, -0.05) is 13.3 Å². The van der Waals surface area contributed by atoms with Crippen LogP contribution in [0.25, 0.3) is 0 Å². The summed E-state index contributed by atoms with van der Waals surface area (Å²) < 4.78 is 4.73. The first kappa shape index (κ1) is 14.4. The van der Waals surface area contributed by atoms with Gasteiger partial charge < -0.3 is 9.84 Å². The van der Waals surface area contributed by atoms with Gasteiger partial charge >= 0.3 is 0 Å². The average Bonchev–Trinajstić information content (AvgIpc) is 2.12. The van der Waals surface area contributed by atoms with Crippen molar-refractivity contribution in [2.24, 2.45) is 0 Å². The molecule has 1 radical (unpaired) electrons. The first-order chi connectivity index (χ1) is 5.83. The lowest BCUT2D eigenvalue weighted by atomic mass is 10.4. The van der Waals surface area contributed by atoms with Gasteiger partial charge in [0.1, 0.15) is 0 Å². The minimum atomic E-state index is 0.133. The molecule has 4 heteroatoms. The van der Waals surface area contributed by atoms with Crippen LogP contribution in [0.5, 0.6) is 0 Å². The third kappa shape index (κ3) is 22.5. The highest BCUT2D eigenvalue weighted by Gasteiger charge is 1.77. The molecule has 0 rings (SSSR count). The number of ether oxygens (including phenoxy) is 1. The smallest absolute Gasteiger partial charge is 0.0854 e. The van der Waals surface area contributed by atoms with Crippen LogP contribution >= 0.6 is 0 Å². The Labute approximate surface area is 74.0 Å². The lowest BCUT2D eigenvalue weighted by molar-refractivity contribution is -0.303. The zero-order valence-electron chi connectivity index (χ0n) is 7.91. The Balaban J connectivity index is 0. The van der Waals surface area contributed by atoms with Crippen molar-refractivity contribution >= 4 is 0 Å². The SMILES string of the molecule is CCCCO[O].CCOCCO. The first-order valence-corrected chi connectivity index (χ1v) is 4.26. The van der Waals surface area contributed by atoms with E-state index in [0.29, 0.717) is 19.8 Å². The molecule has 0 aliphatic carbocycles. The Morgan fingerprint density at radius 1 is 1.25 bits per heavy atom. The molecule has 0 saturated carbocycles. The summed E-state index contributed by atoms with van der Waals surface area (Å²) in [7, 11) is 0. The van der Waals surface area contributed by atoms with Gasteiger partial charge in [-0.15, -0.1) is 0 Å². The lowest BCUT2D eigenvalue weighted by Gasteiger charge is -1.91. The Morgan fingerprint density at radius 2 is 1.92 bits per heavy atom. The van der Waals surface area contributed by atoms with E-state index in [0.717, 1.165) is 12.8 Å². The average molecular weight is 179 g/mol. The van der Waals surface area contributed by atoms with Crippen molar-refractivity contribution in [2.75, 3.05) is 26.4 Å². The molecule has 0 aliphatic heterocycles. The summed E-state index contributed by atoms with van der Waals surface area (Å²) in [4.78, 5) is 3.53. The molecule has 75 valence electrons. The maximum absolute atomic E-state index is 9.19. The van der Waals surface area contributed by atoms with E-state index >= 15 is 0 Å². The molecule has 0 fully saturated rings. The molecule has 0 atom stereocenters. The van der Waals surface area contributed by atoms with Crippen LogP contribution in [0.2, 0.25) is 0 Å². The molecule has 1 N–H and O–H groups in total. The van der Waals surface area contributed by atoms with E-state index in [1.54, 1.807) is 0 Å². The standard InChI is InChI=1S/C4H10O2.C4H9O2/c1-2-6-4-3-5;1-2-3-4-6-5/h5H,2-4H2,1H3;2-4H2,1H3.